The number of benzene rings is 2. The van der Waals surface area contributed by atoms with Gasteiger partial charge < -0.3 is 14.8 Å². The average Bonchev–Trinajstić information content (AvgIpc) is 3.58. The average molecular weight is 496 g/mol. The Morgan fingerprint density at radius 3 is 2.88 bits per heavy atom. The summed E-state index contributed by atoms with van der Waals surface area (Å²) >= 11 is 2.84. The number of carbonyl (C=O) groups excluding carboxylic acids is 1. The van der Waals surface area contributed by atoms with E-state index in [2.05, 4.69) is 31.1 Å². The standard InChI is InChI=1S/C24H25N5O3S2/c1-15-5-10-19-20(12-15)34-23(25-19)26-21(30)14-33-24-28-27-22(16-6-8-17(31-2)9-7-16)29(24)13-18-4-3-11-32-18/h5-10,12,18H,3-4,11,13-14H2,1-2H3,(H,25,26,30). The molecule has 1 atom stereocenters. The van der Waals surface area contributed by atoms with Crippen LogP contribution in [0.1, 0.15) is 18.4 Å². The molecule has 4 aromatic rings. The number of aromatic nitrogens is 4. The Kier molecular flexibility index (Phi) is 6.80. The number of nitrogens with one attached hydrogen (secondary N) is 1. The summed E-state index contributed by atoms with van der Waals surface area (Å²) in [5, 5.41) is 13.0. The van der Waals surface area contributed by atoms with Crippen molar-refractivity contribution in [2.24, 2.45) is 0 Å². The van der Waals surface area contributed by atoms with Gasteiger partial charge in [-0.1, -0.05) is 29.2 Å². The van der Waals surface area contributed by atoms with Gasteiger partial charge in [0.25, 0.3) is 0 Å². The van der Waals surface area contributed by atoms with Crippen molar-refractivity contribution in [1.29, 1.82) is 0 Å². The van der Waals surface area contributed by atoms with Gasteiger partial charge in [-0.25, -0.2) is 4.98 Å². The molecule has 1 fully saturated rings. The van der Waals surface area contributed by atoms with E-state index in [1.165, 1.54) is 28.7 Å². The van der Waals surface area contributed by atoms with Crippen LogP contribution < -0.4 is 10.1 Å². The van der Waals surface area contributed by atoms with Crippen LogP contribution in [0.5, 0.6) is 5.75 Å². The fourth-order valence-corrected chi connectivity index (χ4v) is 5.60. The first-order chi connectivity index (χ1) is 16.6. The van der Waals surface area contributed by atoms with Crippen molar-refractivity contribution in [1.82, 2.24) is 19.7 Å². The molecule has 34 heavy (non-hydrogen) atoms. The van der Waals surface area contributed by atoms with E-state index in [1.54, 1.807) is 7.11 Å². The minimum absolute atomic E-state index is 0.118. The molecule has 1 saturated heterocycles. The summed E-state index contributed by atoms with van der Waals surface area (Å²) in [6.45, 7) is 3.47. The van der Waals surface area contributed by atoms with Crippen LogP contribution in [0.15, 0.2) is 47.6 Å². The zero-order chi connectivity index (χ0) is 23.5. The van der Waals surface area contributed by atoms with Crippen molar-refractivity contribution in [3.63, 3.8) is 0 Å². The summed E-state index contributed by atoms with van der Waals surface area (Å²) in [6.07, 6.45) is 2.17. The lowest BCUT2D eigenvalue weighted by molar-refractivity contribution is -0.113. The quantitative estimate of drug-likeness (QED) is 0.352. The van der Waals surface area contributed by atoms with Crippen LogP contribution in [-0.4, -0.2) is 51.2 Å². The molecular weight excluding hydrogens is 470 g/mol. The lowest BCUT2D eigenvalue weighted by Gasteiger charge is -2.14. The number of methoxy groups -OCH3 is 1. The Balaban J connectivity index is 1.31. The van der Waals surface area contributed by atoms with Crippen LogP contribution in [0.2, 0.25) is 0 Å². The highest BCUT2D eigenvalue weighted by atomic mass is 32.2. The number of anilines is 1. The number of aryl methyl sites for hydroxylation is 1. The molecule has 0 bridgehead atoms. The summed E-state index contributed by atoms with van der Waals surface area (Å²) < 4.78 is 14.2. The largest absolute Gasteiger partial charge is 0.497 e. The monoisotopic (exact) mass is 495 g/mol. The molecule has 8 nitrogen and oxygen atoms in total. The summed E-state index contributed by atoms with van der Waals surface area (Å²) in [5.41, 5.74) is 2.99. The molecule has 1 unspecified atom stereocenters. The van der Waals surface area contributed by atoms with Gasteiger partial charge in [0.15, 0.2) is 16.1 Å². The molecule has 1 aliphatic heterocycles. The van der Waals surface area contributed by atoms with Gasteiger partial charge in [0.2, 0.25) is 5.91 Å². The number of rotatable bonds is 8. The van der Waals surface area contributed by atoms with E-state index >= 15 is 0 Å². The lowest BCUT2D eigenvalue weighted by atomic mass is 10.2. The minimum atomic E-state index is -0.126. The first-order valence-corrected chi connectivity index (χ1v) is 12.9. The highest BCUT2D eigenvalue weighted by molar-refractivity contribution is 7.99. The van der Waals surface area contributed by atoms with E-state index in [9.17, 15) is 4.79 Å². The van der Waals surface area contributed by atoms with Crippen molar-refractivity contribution in [3.05, 3.63) is 48.0 Å². The van der Waals surface area contributed by atoms with Crippen molar-refractivity contribution in [2.75, 3.05) is 24.8 Å². The van der Waals surface area contributed by atoms with E-state index in [1.807, 2.05) is 43.3 Å². The summed E-state index contributed by atoms with van der Waals surface area (Å²) in [5.74, 6) is 1.62. The normalized spacial score (nSPS) is 15.6. The second-order valence-corrected chi connectivity index (χ2v) is 10.1. The van der Waals surface area contributed by atoms with Crippen LogP contribution in [0.4, 0.5) is 5.13 Å². The third-order valence-electron chi connectivity index (χ3n) is 5.60. The Morgan fingerprint density at radius 2 is 2.12 bits per heavy atom. The zero-order valence-electron chi connectivity index (χ0n) is 19.0. The number of nitrogens with zero attached hydrogens (tertiary/aromatic N) is 4. The van der Waals surface area contributed by atoms with Gasteiger partial charge in [-0.05, 0) is 61.7 Å². The number of thioether (sulfide) groups is 1. The molecule has 2 aromatic carbocycles. The second kappa shape index (κ2) is 10.1. The number of hydrogen-bond acceptors (Lipinski definition) is 8. The third-order valence-corrected chi connectivity index (χ3v) is 7.50. The van der Waals surface area contributed by atoms with Gasteiger partial charge in [-0.15, -0.1) is 10.2 Å². The molecule has 2 aromatic heterocycles. The van der Waals surface area contributed by atoms with Gasteiger partial charge >= 0.3 is 0 Å². The molecular formula is C24H25N5O3S2. The van der Waals surface area contributed by atoms with Crippen molar-refractivity contribution in [3.8, 4) is 17.1 Å². The molecule has 1 N–H and O–H groups in total. The van der Waals surface area contributed by atoms with E-state index in [4.69, 9.17) is 9.47 Å². The molecule has 0 saturated carbocycles. The first kappa shape index (κ1) is 22.8. The van der Waals surface area contributed by atoms with E-state index in [0.29, 0.717) is 16.8 Å². The number of thiazole rings is 1. The molecule has 3 heterocycles. The summed E-state index contributed by atoms with van der Waals surface area (Å²) in [4.78, 5) is 17.2. The minimum Gasteiger partial charge on any atom is -0.497 e. The second-order valence-electron chi connectivity index (χ2n) is 8.11. The van der Waals surface area contributed by atoms with Crippen molar-refractivity contribution < 1.29 is 14.3 Å². The highest BCUT2D eigenvalue weighted by Crippen LogP contribution is 2.29. The van der Waals surface area contributed by atoms with E-state index < -0.39 is 0 Å². The zero-order valence-corrected chi connectivity index (χ0v) is 20.6. The van der Waals surface area contributed by atoms with Gasteiger partial charge in [0, 0.05) is 12.2 Å². The Labute approximate surface area is 205 Å². The summed E-state index contributed by atoms with van der Waals surface area (Å²) in [7, 11) is 1.64. The molecule has 0 radical (unpaired) electrons. The number of fused-ring (bicyclic) bond motifs is 1. The van der Waals surface area contributed by atoms with Crippen LogP contribution in [-0.2, 0) is 16.1 Å². The van der Waals surface area contributed by atoms with Crippen LogP contribution in [0.3, 0.4) is 0 Å². The van der Waals surface area contributed by atoms with Crippen molar-refractivity contribution >= 4 is 44.4 Å². The fraction of sp³-hybridized carbons (Fsp3) is 0.333. The maximum absolute atomic E-state index is 12.7. The number of amides is 1. The number of ether oxygens (including phenoxy) is 2. The third kappa shape index (κ3) is 5.08. The number of hydrogen-bond donors (Lipinski definition) is 1. The van der Waals surface area contributed by atoms with Crippen LogP contribution >= 0.6 is 23.1 Å². The van der Waals surface area contributed by atoms with Gasteiger partial charge in [0.05, 0.1) is 35.7 Å². The first-order valence-electron chi connectivity index (χ1n) is 11.1. The molecule has 5 rings (SSSR count). The van der Waals surface area contributed by atoms with Crippen LogP contribution in [0, 0.1) is 6.92 Å². The molecule has 0 aliphatic carbocycles. The molecule has 1 amide bonds. The Hall–Kier alpha value is -2.95. The SMILES string of the molecule is COc1ccc(-c2nnc(SCC(=O)Nc3nc4ccc(C)cc4s3)n2CC2CCCO2)cc1. The number of carbonyl (C=O) groups is 1. The maximum Gasteiger partial charge on any atom is 0.236 e. The topological polar surface area (TPSA) is 91.2 Å². The predicted molar refractivity (Wildman–Crippen MR) is 135 cm³/mol. The van der Waals surface area contributed by atoms with Gasteiger partial charge in [-0.3, -0.25) is 9.36 Å². The lowest BCUT2D eigenvalue weighted by Crippen LogP contribution is -2.18. The molecule has 10 heteroatoms. The molecule has 176 valence electrons. The van der Waals surface area contributed by atoms with Gasteiger partial charge in [-0.2, -0.15) is 0 Å². The predicted octanol–water partition coefficient (Wildman–Crippen LogP) is 4.78. The summed E-state index contributed by atoms with van der Waals surface area (Å²) in [6, 6.07) is 13.8. The molecule has 0 spiro atoms. The highest BCUT2D eigenvalue weighted by Gasteiger charge is 2.22. The van der Waals surface area contributed by atoms with E-state index in [0.717, 1.165) is 46.8 Å². The van der Waals surface area contributed by atoms with Crippen LogP contribution in [0.25, 0.3) is 21.6 Å². The maximum atomic E-state index is 12.7. The molecule has 1 aliphatic rings. The van der Waals surface area contributed by atoms with Crippen molar-refractivity contribution in [2.45, 2.75) is 37.6 Å². The fourth-order valence-electron chi connectivity index (χ4n) is 3.88. The Bertz CT molecular complexity index is 1300. The van der Waals surface area contributed by atoms with Gasteiger partial charge in [0.1, 0.15) is 5.75 Å². The Morgan fingerprint density at radius 1 is 1.26 bits per heavy atom. The smallest absolute Gasteiger partial charge is 0.236 e. The van der Waals surface area contributed by atoms with E-state index in [-0.39, 0.29) is 17.8 Å².